The highest BCUT2D eigenvalue weighted by Crippen LogP contribution is 2.32. The van der Waals surface area contributed by atoms with Gasteiger partial charge in [0.05, 0.1) is 0 Å². The molecule has 1 aliphatic heterocycles. The van der Waals surface area contributed by atoms with Crippen molar-refractivity contribution in [1.29, 1.82) is 0 Å². The summed E-state index contributed by atoms with van der Waals surface area (Å²) in [4.78, 5) is 11.4. The van der Waals surface area contributed by atoms with Crippen LogP contribution in [-0.2, 0) is 4.79 Å². The highest BCUT2D eigenvalue weighted by atomic mass is 16.1. The quantitative estimate of drug-likeness (QED) is 0.637. The van der Waals surface area contributed by atoms with Crippen molar-refractivity contribution in [1.82, 2.24) is 5.32 Å². The van der Waals surface area contributed by atoms with Crippen LogP contribution in [0.15, 0.2) is 0 Å². The molecule has 1 amide bonds. The lowest BCUT2D eigenvalue weighted by Gasteiger charge is -2.36. The van der Waals surface area contributed by atoms with Gasteiger partial charge in [-0.2, -0.15) is 0 Å². The smallest absolute Gasteiger partial charge is 0.223 e. The molecule has 0 saturated carbocycles. The molecule has 2 heteroatoms. The van der Waals surface area contributed by atoms with Crippen molar-refractivity contribution in [3.63, 3.8) is 0 Å². The first-order valence-corrected chi connectivity index (χ1v) is 4.70. The zero-order valence-electron chi connectivity index (χ0n) is 8.48. The van der Waals surface area contributed by atoms with Crippen molar-refractivity contribution in [2.75, 3.05) is 6.54 Å². The zero-order chi connectivity index (χ0) is 9.35. The molecular weight excluding hydrogens is 150 g/mol. The first-order valence-electron chi connectivity index (χ1n) is 4.70. The minimum absolute atomic E-state index is 0.216. The summed E-state index contributed by atoms with van der Waals surface area (Å²) < 4.78 is 0. The van der Waals surface area contributed by atoms with Crippen LogP contribution in [0.1, 0.15) is 34.1 Å². The van der Waals surface area contributed by atoms with E-state index in [1.165, 1.54) is 0 Å². The SMILES string of the molecule is CC(C)C1CC(C)(C)CNC1=O. The molecule has 1 fully saturated rings. The molecule has 0 aromatic carbocycles. The van der Waals surface area contributed by atoms with E-state index in [1.54, 1.807) is 0 Å². The normalized spacial score (nSPS) is 28.8. The number of hydrogen-bond acceptors (Lipinski definition) is 1. The summed E-state index contributed by atoms with van der Waals surface area (Å²) in [5.41, 5.74) is 0.281. The van der Waals surface area contributed by atoms with E-state index >= 15 is 0 Å². The molecule has 0 bridgehead atoms. The minimum Gasteiger partial charge on any atom is -0.355 e. The van der Waals surface area contributed by atoms with Crippen LogP contribution in [0.3, 0.4) is 0 Å². The van der Waals surface area contributed by atoms with Gasteiger partial charge in [0.2, 0.25) is 5.91 Å². The Hall–Kier alpha value is -0.530. The fraction of sp³-hybridized carbons (Fsp3) is 0.900. The number of nitrogens with one attached hydrogen (secondary N) is 1. The zero-order valence-corrected chi connectivity index (χ0v) is 8.48. The fourth-order valence-electron chi connectivity index (χ4n) is 1.76. The Kier molecular flexibility index (Phi) is 2.45. The van der Waals surface area contributed by atoms with Gasteiger partial charge in [0.1, 0.15) is 0 Å². The topological polar surface area (TPSA) is 29.1 Å². The molecule has 0 spiro atoms. The number of amides is 1. The number of carbonyl (C=O) groups excluding carboxylic acids is 1. The van der Waals surface area contributed by atoms with E-state index in [1.807, 2.05) is 0 Å². The van der Waals surface area contributed by atoms with Crippen LogP contribution in [0, 0.1) is 17.3 Å². The van der Waals surface area contributed by atoms with Gasteiger partial charge in [0, 0.05) is 12.5 Å². The maximum absolute atomic E-state index is 11.4. The molecule has 0 aliphatic carbocycles. The first-order chi connectivity index (χ1) is 5.42. The maximum Gasteiger partial charge on any atom is 0.223 e. The van der Waals surface area contributed by atoms with E-state index in [0.717, 1.165) is 13.0 Å². The van der Waals surface area contributed by atoms with E-state index in [2.05, 4.69) is 33.0 Å². The molecule has 0 aromatic rings. The Balaban J connectivity index is 2.66. The van der Waals surface area contributed by atoms with Crippen molar-refractivity contribution in [2.24, 2.45) is 17.3 Å². The largest absolute Gasteiger partial charge is 0.355 e. The van der Waals surface area contributed by atoms with Crippen LogP contribution >= 0.6 is 0 Å². The summed E-state index contributed by atoms with van der Waals surface area (Å²) in [5, 5.41) is 2.96. The van der Waals surface area contributed by atoms with E-state index in [4.69, 9.17) is 0 Å². The molecule has 12 heavy (non-hydrogen) atoms. The molecule has 1 rings (SSSR count). The molecule has 0 radical (unpaired) electrons. The predicted molar refractivity (Wildman–Crippen MR) is 49.7 cm³/mol. The van der Waals surface area contributed by atoms with Gasteiger partial charge in [-0.1, -0.05) is 27.7 Å². The van der Waals surface area contributed by atoms with Gasteiger partial charge in [-0.25, -0.2) is 0 Å². The molecule has 1 aliphatic rings. The lowest BCUT2D eigenvalue weighted by Crippen LogP contribution is -2.47. The Labute approximate surface area is 74.7 Å². The van der Waals surface area contributed by atoms with Crippen molar-refractivity contribution >= 4 is 5.91 Å². The molecule has 1 atom stereocenters. The third-order valence-electron chi connectivity index (χ3n) is 2.66. The molecule has 1 unspecified atom stereocenters. The molecule has 1 N–H and O–H groups in total. The Morgan fingerprint density at radius 2 is 2.08 bits per heavy atom. The van der Waals surface area contributed by atoms with Crippen LogP contribution in [0.25, 0.3) is 0 Å². The fourth-order valence-corrected chi connectivity index (χ4v) is 1.76. The van der Waals surface area contributed by atoms with Gasteiger partial charge in [0.25, 0.3) is 0 Å². The van der Waals surface area contributed by atoms with Crippen LogP contribution < -0.4 is 5.32 Å². The summed E-state index contributed by atoms with van der Waals surface area (Å²) in [6.45, 7) is 9.48. The number of piperidine rings is 1. The van der Waals surface area contributed by atoms with Gasteiger partial charge in [-0.15, -0.1) is 0 Å². The average Bonchev–Trinajstić information content (AvgIpc) is 1.94. The minimum atomic E-state index is 0.216. The third-order valence-corrected chi connectivity index (χ3v) is 2.66. The molecule has 2 nitrogen and oxygen atoms in total. The average molecular weight is 169 g/mol. The van der Waals surface area contributed by atoms with Gasteiger partial charge in [0.15, 0.2) is 0 Å². The number of carbonyl (C=O) groups is 1. The Morgan fingerprint density at radius 3 is 2.50 bits per heavy atom. The standard InChI is InChI=1S/C10H19NO/c1-7(2)8-5-10(3,4)6-11-9(8)12/h7-8H,5-6H2,1-4H3,(H,11,12). The van der Waals surface area contributed by atoms with E-state index < -0.39 is 0 Å². The molecule has 70 valence electrons. The van der Waals surface area contributed by atoms with Gasteiger partial charge in [-0.3, -0.25) is 4.79 Å². The van der Waals surface area contributed by atoms with E-state index in [-0.39, 0.29) is 17.2 Å². The summed E-state index contributed by atoms with van der Waals surface area (Å²) in [6, 6.07) is 0. The predicted octanol–water partition coefficient (Wildman–Crippen LogP) is 1.80. The van der Waals surface area contributed by atoms with Crippen molar-refractivity contribution in [2.45, 2.75) is 34.1 Å². The highest BCUT2D eigenvalue weighted by molar-refractivity contribution is 5.79. The van der Waals surface area contributed by atoms with Crippen LogP contribution in [0.2, 0.25) is 0 Å². The van der Waals surface area contributed by atoms with E-state index in [0.29, 0.717) is 5.92 Å². The highest BCUT2D eigenvalue weighted by Gasteiger charge is 2.34. The molecule has 1 heterocycles. The second kappa shape index (κ2) is 3.08. The van der Waals surface area contributed by atoms with Gasteiger partial charge < -0.3 is 5.32 Å². The number of rotatable bonds is 1. The summed E-state index contributed by atoms with van der Waals surface area (Å²) in [7, 11) is 0. The van der Waals surface area contributed by atoms with Crippen LogP contribution in [0.5, 0.6) is 0 Å². The monoisotopic (exact) mass is 169 g/mol. The summed E-state index contributed by atoms with van der Waals surface area (Å²) in [5.74, 6) is 0.919. The third kappa shape index (κ3) is 1.99. The lowest BCUT2D eigenvalue weighted by molar-refractivity contribution is -0.130. The molecule has 1 saturated heterocycles. The van der Waals surface area contributed by atoms with Gasteiger partial charge in [-0.05, 0) is 17.8 Å². The second-order valence-electron chi connectivity index (χ2n) is 4.94. The lowest BCUT2D eigenvalue weighted by atomic mass is 9.75. The molecular formula is C10H19NO. The van der Waals surface area contributed by atoms with Crippen LogP contribution in [0.4, 0.5) is 0 Å². The van der Waals surface area contributed by atoms with Crippen LogP contribution in [-0.4, -0.2) is 12.5 Å². The van der Waals surface area contributed by atoms with Gasteiger partial charge >= 0.3 is 0 Å². The first kappa shape index (κ1) is 9.56. The summed E-state index contributed by atoms with van der Waals surface area (Å²) in [6.07, 6.45) is 1.02. The van der Waals surface area contributed by atoms with E-state index in [9.17, 15) is 4.79 Å². The summed E-state index contributed by atoms with van der Waals surface area (Å²) >= 11 is 0. The number of hydrogen-bond donors (Lipinski definition) is 1. The molecule has 0 aromatic heterocycles. The Morgan fingerprint density at radius 1 is 1.50 bits per heavy atom. The van der Waals surface area contributed by atoms with Crippen molar-refractivity contribution in [3.05, 3.63) is 0 Å². The van der Waals surface area contributed by atoms with Crippen molar-refractivity contribution in [3.8, 4) is 0 Å². The Bertz CT molecular complexity index is 184. The maximum atomic E-state index is 11.4. The van der Waals surface area contributed by atoms with Crippen molar-refractivity contribution < 1.29 is 4.79 Å². The second-order valence-corrected chi connectivity index (χ2v) is 4.94.